The van der Waals surface area contributed by atoms with E-state index in [1.165, 1.54) is 0 Å². The summed E-state index contributed by atoms with van der Waals surface area (Å²) in [5, 5.41) is 0. The third-order valence-electron chi connectivity index (χ3n) is 3.42. The number of piperidine rings is 1. The molecule has 2 N–H and O–H groups in total. The van der Waals surface area contributed by atoms with E-state index in [9.17, 15) is 4.79 Å². The summed E-state index contributed by atoms with van der Waals surface area (Å²) >= 11 is 0. The van der Waals surface area contributed by atoms with Crippen LogP contribution in [-0.2, 0) is 9.53 Å². The average Bonchev–Trinajstić information content (AvgIpc) is 2.29. The first-order valence-electron chi connectivity index (χ1n) is 6.17. The second kappa shape index (κ2) is 6.21. The van der Waals surface area contributed by atoms with E-state index in [1.54, 1.807) is 7.11 Å². The van der Waals surface area contributed by atoms with Gasteiger partial charge in [-0.2, -0.15) is 0 Å². The molecule has 0 aromatic carbocycles. The summed E-state index contributed by atoms with van der Waals surface area (Å²) < 4.78 is 5.39. The summed E-state index contributed by atoms with van der Waals surface area (Å²) in [5.41, 5.74) is 5.85. The Morgan fingerprint density at radius 2 is 2.31 bits per heavy atom. The van der Waals surface area contributed by atoms with Gasteiger partial charge in [-0.25, -0.2) is 0 Å². The number of hydrogen-bond donors (Lipinski definition) is 1. The molecule has 0 spiro atoms. The van der Waals surface area contributed by atoms with Crippen molar-refractivity contribution < 1.29 is 9.53 Å². The highest BCUT2D eigenvalue weighted by atomic mass is 16.5. The average molecular weight is 228 g/mol. The molecule has 0 aromatic heterocycles. The fourth-order valence-electron chi connectivity index (χ4n) is 2.21. The maximum atomic E-state index is 12.0. The van der Waals surface area contributed by atoms with Crippen molar-refractivity contribution in [3.8, 4) is 0 Å². The highest BCUT2D eigenvalue weighted by Crippen LogP contribution is 2.20. The second-order valence-electron chi connectivity index (χ2n) is 4.72. The van der Waals surface area contributed by atoms with Gasteiger partial charge in [0.2, 0.25) is 5.91 Å². The van der Waals surface area contributed by atoms with Gasteiger partial charge < -0.3 is 15.4 Å². The van der Waals surface area contributed by atoms with Crippen molar-refractivity contribution in [2.45, 2.75) is 45.3 Å². The second-order valence-corrected chi connectivity index (χ2v) is 4.72. The first-order chi connectivity index (χ1) is 7.60. The van der Waals surface area contributed by atoms with Gasteiger partial charge in [0, 0.05) is 20.2 Å². The van der Waals surface area contributed by atoms with E-state index in [-0.39, 0.29) is 18.1 Å². The monoisotopic (exact) mass is 228 g/mol. The van der Waals surface area contributed by atoms with Crippen LogP contribution in [0.2, 0.25) is 0 Å². The molecule has 1 amide bonds. The Morgan fingerprint density at radius 1 is 1.62 bits per heavy atom. The van der Waals surface area contributed by atoms with Crippen molar-refractivity contribution in [2.75, 3.05) is 20.2 Å². The minimum absolute atomic E-state index is 0.0794. The number of ether oxygens (including phenoxy) is 1. The van der Waals surface area contributed by atoms with E-state index >= 15 is 0 Å². The van der Waals surface area contributed by atoms with Gasteiger partial charge >= 0.3 is 0 Å². The largest absolute Gasteiger partial charge is 0.379 e. The van der Waals surface area contributed by atoms with Gasteiger partial charge in [-0.05, 0) is 18.8 Å². The van der Waals surface area contributed by atoms with Crippen LogP contribution < -0.4 is 5.73 Å². The molecule has 94 valence electrons. The number of nitrogens with two attached hydrogens (primary N) is 1. The van der Waals surface area contributed by atoms with Gasteiger partial charge in [-0.1, -0.05) is 20.3 Å². The first kappa shape index (κ1) is 13.5. The van der Waals surface area contributed by atoms with E-state index in [1.807, 2.05) is 11.8 Å². The topological polar surface area (TPSA) is 55.6 Å². The van der Waals surface area contributed by atoms with E-state index in [2.05, 4.69) is 6.92 Å². The molecule has 1 aliphatic rings. The van der Waals surface area contributed by atoms with Crippen LogP contribution >= 0.6 is 0 Å². The number of carbonyl (C=O) groups excluding carboxylic acids is 1. The maximum Gasteiger partial charge on any atom is 0.239 e. The number of hydrogen-bond acceptors (Lipinski definition) is 3. The van der Waals surface area contributed by atoms with Crippen LogP contribution in [0.15, 0.2) is 0 Å². The minimum atomic E-state index is -0.337. The summed E-state index contributed by atoms with van der Waals surface area (Å²) in [5.74, 6) is 0.604. The predicted molar refractivity (Wildman–Crippen MR) is 64.0 cm³/mol. The van der Waals surface area contributed by atoms with Crippen molar-refractivity contribution in [3.63, 3.8) is 0 Å². The van der Waals surface area contributed by atoms with Gasteiger partial charge in [-0.3, -0.25) is 4.79 Å². The summed E-state index contributed by atoms with van der Waals surface area (Å²) in [6, 6.07) is -0.337. The van der Waals surface area contributed by atoms with Gasteiger partial charge in [0.1, 0.15) is 0 Å². The molecule has 0 aromatic rings. The van der Waals surface area contributed by atoms with E-state index in [4.69, 9.17) is 10.5 Å². The highest BCUT2D eigenvalue weighted by molar-refractivity contribution is 5.81. The third-order valence-corrected chi connectivity index (χ3v) is 3.42. The number of methoxy groups -OCH3 is 1. The smallest absolute Gasteiger partial charge is 0.239 e. The van der Waals surface area contributed by atoms with E-state index < -0.39 is 0 Å². The Hall–Kier alpha value is -0.610. The van der Waals surface area contributed by atoms with Crippen LogP contribution in [0.5, 0.6) is 0 Å². The molecule has 4 nitrogen and oxygen atoms in total. The maximum absolute atomic E-state index is 12.0. The molecule has 1 rings (SSSR count). The molecule has 4 heteroatoms. The SMILES string of the molecule is CCC[C@H](N)C(=O)N1CCC(C)C(OC)C1. The molecule has 0 radical (unpaired) electrons. The van der Waals surface area contributed by atoms with Crippen molar-refractivity contribution in [1.82, 2.24) is 4.90 Å². The molecule has 1 aliphatic heterocycles. The molecule has 3 atom stereocenters. The molecular weight excluding hydrogens is 204 g/mol. The van der Waals surface area contributed by atoms with Crippen LogP contribution in [0.25, 0.3) is 0 Å². The minimum Gasteiger partial charge on any atom is -0.379 e. The van der Waals surface area contributed by atoms with Gasteiger partial charge in [0.05, 0.1) is 12.1 Å². The van der Waals surface area contributed by atoms with Gasteiger partial charge in [0.25, 0.3) is 0 Å². The standard InChI is InChI=1S/C12H24N2O2/c1-4-5-10(13)12(15)14-7-6-9(2)11(8-14)16-3/h9-11H,4-8,13H2,1-3H3/t9?,10-,11?/m0/s1. The van der Waals surface area contributed by atoms with Crippen molar-refractivity contribution >= 4 is 5.91 Å². The van der Waals surface area contributed by atoms with E-state index in [0.717, 1.165) is 25.8 Å². The molecule has 1 fully saturated rings. The zero-order valence-electron chi connectivity index (χ0n) is 10.6. The zero-order chi connectivity index (χ0) is 12.1. The fourth-order valence-corrected chi connectivity index (χ4v) is 2.21. The number of amides is 1. The Balaban J connectivity index is 2.51. The van der Waals surface area contributed by atoms with Crippen LogP contribution in [0.1, 0.15) is 33.1 Å². The Morgan fingerprint density at radius 3 is 2.88 bits per heavy atom. The molecular formula is C12H24N2O2. The summed E-state index contributed by atoms with van der Waals surface area (Å²) in [6.45, 7) is 5.72. The zero-order valence-corrected chi connectivity index (χ0v) is 10.6. The Bertz CT molecular complexity index is 233. The van der Waals surface area contributed by atoms with E-state index in [0.29, 0.717) is 12.5 Å². The van der Waals surface area contributed by atoms with Gasteiger partial charge in [-0.15, -0.1) is 0 Å². The van der Waals surface area contributed by atoms with Crippen LogP contribution in [-0.4, -0.2) is 43.2 Å². The number of carbonyl (C=O) groups is 1. The molecule has 16 heavy (non-hydrogen) atoms. The Labute approximate surface area is 98.1 Å². The molecule has 2 unspecified atom stereocenters. The summed E-state index contributed by atoms with van der Waals surface area (Å²) in [7, 11) is 1.71. The van der Waals surface area contributed by atoms with Crippen LogP contribution in [0.3, 0.4) is 0 Å². The summed E-state index contributed by atoms with van der Waals surface area (Å²) in [6.07, 6.45) is 2.88. The molecule has 0 aliphatic carbocycles. The molecule has 0 bridgehead atoms. The van der Waals surface area contributed by atoms with Crippen molar-refractivity contribution in [2.24, 2.45) is 11.7 Å². The molecule has 0 saturated carbocycles. The summed E-state index contributed by atoms with van der Waals surface area (Å²) in [4.78, 5) is 13.9. The van der Waals surface area contributed by atoms with Crippen molar-refractivity contribution in [3.05, 3.63) is 0 Å². The van der Waals surface area contributed by atoms with Crippen molar-refractivity contribution in [1.29, 1.82) is 0 Å². The third kappa shape index (κ3) is 3.19. The molecule has 1 saturated heterocycles. The lowest BCUT2D eigenvalue weighted by molar-refractivity contribution is -0.137. The van der Waals surface area contributed by atoms with Gasteiger partial charge in [0.15, 0.2) is 0 Å². The normalized spacial score (nSPS) is 27.9. The van der Waals surface area contributed by atoms with Crippen LogP contribution in [0.4, 0.5) is 0 Å². The lowest BCUT2D eigenvalue weighted by Gasteiger charge is -2.37. The highest BCUT2D eigenvalue weighted by Gasteiger charge is 2.30. The van der Waals surface area contributed by atoms with Crippen LogP contribution in [0, 0.1) is 5.92 Å². The molecule has 1 heterocycles. The quantitative estimate of drug-likeness (QED) is 0.781. The predicted octanol–water partition coefficient (Wildman–Crippen LogP) is 0.997. The number of rotatable bonds is 4. The lowest BCUT2D eigenvalue weighted by Crippen LogP contribution is -2.51. The number of likely N-dealkylation sites (tertiary alicyclic amines) is 1. The Kier molecular flexibility index (Phi) is 5.22. The number of nitrogens with zero attached hydrogens (tertiary/aromatic N) is 1. The lowest BCUT2D eigenvalue weighted by atomic mass is 9.95. The fraction of sp³-hybridized carbons (Fsp3) is 0.917. The first-order valence-corrected chi connectivity index (χ1v) is 6.17.